The molecule has 0 atom stereocenters. The summed E-state index contributed by atoms with van der Waals surface area (Å²) in [7, 11) is -0.556. The molecule has 0 N–H and O–H groups in total. The lowest BCUT2D eigenvalue weighted by Crippen LogP contribution is -2.09. The lowest BCUT2D eigenvalue weighted by atomic mass is 10.0. The van der Waals surface area contributed by atoms with E-state index >= 15 is 0 Å². The van der Waals surface area contributed by atoms with Crippen LogP contribution in [0.3, 0.4) is 0 Å². The van der Waals surface area contributed by atoms with Crippen LogP contribution in [-0.4, -0.2) is 0 Å². The molecule has 1 aromatic heterocycles. The van der Waals surface area contributed by atoms with Crippen LogP contribution in [0.4, 0.5) is 34.1 Å². The van der Waals surface area contributed by atoms with Gasteiger partial charge in [0.2, 0.25) is 0 Å². The molecule has 3 heteroatoms. The van der Waals surface area contributed by atoms with E-state index in [2.05, 4.69) is 296 Å². The third-order valence-corrected chi connectivity index (χ3v) is 15.7. The van der Waals surface area contributed by atoms with Gasteiger partial charge < -0.3 is 9.80 Å². The fraction of sp³-hybridized carbons (Fsp3) is 0.0303. The first kappa shape index (κ1) is 43.2. The zero-order valence-electron chi connectivity index (χ0n) is 38.6. The van der Waals surface area contributed by atoms with Crippen molar-refractivity contribution in [2.45, 2.75) is 13.1 Å². The summed E-state index contributed by atoms with van der Waals surface area (Å²) in [6.07, 6.45) is 1.07. The quantitative estimate of drug-likeness (QED) is 0.114. The van der Waals surface area contributed by atoms with Crippen molar-refractivity contribution in [3.8, 4) is 66.2 Å². The van der Waals surface area contributed by atoms with Crippen LogP contribution < -0.4 is 9.80 Å². The molecule has 0 aliphatic heterocycles. The van der Waals surface area contributed by atoms with Gasteiger partial charge in [-0.3, -0.25) is 0 Å². The number of rotatable bonds is 13. The van der Waals surface area contributed by atoms with E-state index in [0.29, 0.717) is 0 Å². The molecule has 1 heterocycles. The van der Waals surface area contributed by atoms with Crippen molar-refractivity contribution in [3.05, 3.63) is 279 Å². The summed E-state index contributed by atoms with van der Waals surface area (Å²) in [6.45, 7) is 2.33. The zero-order chi connectivity index (χ0) is 46.4. The lowest BCUT2D eigenvalue weighted by molar-refractivity contribution is 1.28. The molecule has 0 bridgehead atoms. The van der Waals surface area contributed by atoms with Gasteiger partial charge in [0.05, 0.1) is 0 Å². The Balaban J connectivity index is 0.895. The van der Waals surface area contributed by atoms with Crippen LogP contribution in [0.2, 0.25) is 0 Å². The Morgan fingerprint density at radius 3 is 0.609 bits per heavy atom. The fourth-order valence-electron chi connectivity index (χ4n) is 9.50. The first-order valence-corrected chi connectivity index (χ1v) is 25.3. The van der Waals surface area contributed by atoms with Crippen molar-refractivity contribution in [2.24, 2.45) is 0 Å². The molecule has 0 spiro atoms. The first-order valence-electron chi connectivity index (χ1n) is 23.8. The topological polar surface area (TPSA) is 6.48 Å². The maximum atomic E-state index is 2.37. The molecule has 0 radical (unpaired) electrons. The fourth-order valence-corrected chi connectivity index (χ4v) is 11.9. The van der Waals surface area contributed by atoms with E-state index in [9.17, 15) is 0 Å². The van der Waals surface area contributed by atoms with Crippen LogP contribution in [0.1, 0.15) is 6.92 Å². The van der Waals surface area contributed by atoms with Gasteiger partial charge in [-0.15, -0.1) is 7.53 Å². The standard InChI is InChI=1S/C66H51N2P/c1-2-69-65(57-31-43-63(44-32-57)67(59-35-23-53(24-36-59)49-15-7-3-8-16-49)60-37-25-54(26-38-60)50-17-9-4-10-18-50)47-48-66(69)58-33-45-64(46-34-58)68(61-39-27-55(28-40-61)51-19-11-5-12-20-51)62-41-29-56(30-42-62)52-21-13-6-14-22-52/h3-48H,2H2,1H3. The maximum absolute atomic E-state index is 2.37. The molecular weight excluding hydrogens is 852 g/mol. The van der Waals surface area contributed by atoms with Gasteiger partial charge >= 0.3 is 0 Å². The number of hydrogen-bond donors (Lipinski definition) is 0. The molecule has 330 valence electrons. The Kier molecular flexibility index (Phi) is 12.4. The Bertz CT molecular complexity index is 2990. The largest absolute Gasteiger partial charge is 0.311 e. The van der Waals surface area contributed by atoms with Gasteiger partial charge in [-0.2, -0.15) is 0 Å². The highest BCUT2D eigenvalue weighted by molar-refractivity contribution is 7.55. The summed E-state index contributed by atoms with van der Waals surface area (Å²) < 4.78 is 0. The minimum atomic E-state index is -0.556. The third-order valence-electron chi connectivity index (χ3n) is 13.1. The van der Waals surface area contributed by atoms with E-state index in [1.165, 1.54) is 66.2 Å². The Morgan fingerprint density at radius 1 is 0.217 bits per heavy atom. The second-order valence-electron chi connectivity index (χ2n) is 17.3. The van der Waals surface area contributed by atoms with Crippen LogP contribution in [0, 0.1) is 0 Å². The van der Waals surface area contributed by atoms with E-state index < -0.39 is 7.53 Å². The minimum Gasteiger partial charge on any atom is -0.311 e. The molecule has 2 nitrogen and oxygen atoms in total. The number of benzene rings is 10. The summed E-state index contributed by atoms with van der Waals surface area (Å²) in [6, 6.07) is 101. The van der Waals surface area contributed by atoms with Crippen molar-refractivity contribution in [3.63, 3.8) is 0 Å². The van der Waals surface area contributed by atoms with E-state index in [4.69, 9.17) is 0 Å². The SMILES string of the molecule is CCp1c(-c2ccc(N(c3ccc(-c4ccccc4)cc3)c3ccc(-c4ccccc4)cc3)cc2)ccc1-c1ccc(N(c2ccc(-c3ccccc3)cc2)c2ccc(-c3ccccc3)cc2)cc1. The molecule has 11 aromatic rings. The molecule has 0 saturated carbocycles. The van der Waals surface area contributed by atoms with Crippen LogP contribution >= 0.6 is 7.53 Å². The lowest BCUT2D eigenvalue weighted by Gasteiger charge is -2.26. The van der Waals surface area contributed by atoms with Gasteiger partial charge in [0.1, 0.15) is 0 Å². The molecule has 0 saturated heterocycles. The van der Waals surface area contributed by atoms with Crippen molar-refractivity contribution in [2.75, 3.05) is 9.80 Å². The number of hydrogen-bond acceptors (Lipinski definition) is 2. The monoisotopic (exact) mass is 902 g/mol. The van der Waals surface area contributed by atoms with Gasteiger partial charge in [0.15, 0.2) is 0 Å². The van der Waals surface area contributed by atoms with Crippen molar-refractivity contribution in [1.82, 2.24) is 0 Å². The average molecular weight is 903 g/mol. The van der Waals surface area contributed by atoms with E-state index in [-0.39, 0.29) is 0 Å². The molecule has 0 aliphatic rings. The van der Waals surface area contributed by atoms with Gasteiger partial charge in [-0.05, 0) is 147 Å². The van der Waals surface area contributed by atoms with Crippen molar-refractivity contribution >= 4 is 41.7 Å². The third kappa shape index (κ3) is 9.19. The Hall–Kier alpha value is -8.42. The second-order valence-corrected chi connectivity index (χ2v) is 19.7. The van der Waals surface area contributed by atoms with Crippen molar-refractivity contribution in [1.29, 1.82) is 0 Å². The first-order chi connectivity index (χ1) is 34.2. The van der Waals surface area contributed by atoms with Gasteiger partial charge in [0.25, 0.3) is 0 Å². The smallest absolute Gasteiger partial charge is 0.0462 e. The predicted molar refractivity (Wildman–Crippen MR) is 297 cm³/mol. The highest BCUT2D eigenvalue weighted by Crippen LogP contribution is 2.52. The zero-order valence-corrected chi connectivity index (χ0v) is 39.5. The van der Waals surface area contributed by atoms with Crippen LogP contribution in [0.25, 0.3) is 66.2 Å². The van der Waals surface area contributed by atoms with Gasteiger partial charge in [0, 0.05) is 44.7 Å². The second kappa shape index (κ2) is 19.8. The highest BCUT2D eigenvalue weighted by atomic mass is 31.1. The van der Waals surface area contributed by atoms with Crippen LogP contribution in [0.5, 0.6) is 0 Å². The van der Waals surface area contributed by atoms with Crippen LogP contribution in [0.15, 0.2) is 279 Å². The predicted octanol–water partition coefficient (Wildman–Crippen LogP) is 19.6. The molecule has 0 aliphatic carbocycles. The molecule has 10 aromatic carbocycles. The Labute approximate surface area is 407 Å². The molecule has 0 unspecified atom stereocenters. The van der Waals surface area contributed by atoms with E-state index in [1.807, 2.05) is 0 Å². The van der Waals surface area contributed by atoms with Gasteiger partial charge in [-0.1, -0.05) is 201 Å². The van der Waals surface area contributed by atoms with E-state index in [0.717, 1.165) is 40.3 Å². The van der Waals surface area contributed by atoms with Crippen molar-refractivity contribution < 1.29 is 0 Å². The summed E-state index contributed by atoms with van der Waals surface area (Å²) in [5.41, 5.74) is 18.9. The minimum absolute atomic E-state index is 0.556. The van der Waals surface area contributed by atoms with Crippen LogP contribution in [-0.2, 0) is 6.16 Å². The van der Waals surface area contributed by atoms with E-state index in [1.54, 1.807) is 0 Å². The summed E-state index contributed by atoms with van der Waals surface area (Å²) in [5.74, 6) is 0. The molecule has 0 amide bonds. The average Bonchev–Trinajstić information content (AvgIpc) is 3.88. The molecule has 11 rings (SSSR count). The molecule has 0 fully saturated rings. The Morgan fingerprint density at radius 2 is 0.406 bits per heavy atom. The number of anilines is 6. The summed E-state index contributed by atoms with van der Waals surface area (Å²) >= 11 is 0. The highest BCUT2D eigenvalue weighted by Gasteiger charge is 2.18. The molecule has 69 heavy (non-hydrogen) atoms. The molecular formula is C66H51N2P. The van der Waals surface area contributed by atoms with Gasteiger partial charge in [-0.25, -0.2) is 0 Å². The summed E-state index contributed by atoms with van der Waals surface area (Å²) in [5, 5.41) is 2.84. The maximum Gasteiger partial charge on any atom is 0.0462 e. The summed E-state index contributed by atoms with van der Waals surface area (Å²) in [4.78, 5) is 4.73. The normalized spacial score (nSPS) is 11.0. The number of nitrogens with zero attached hydrogens (tertiary/aromatic N) is 2.